The maximum Gasteiger partial charge on any atom is 0.140 e. The second-order valence-electron chi connectivity index (χ2n) is 6.22. The topological polar surface area (TPSA) is 52.5 Å². The van der Waals surface area contributed by atoms with Gasteiger partial charge in [0.1, 0.15) is 11.8 Å². The normalized spacial score (nSPS) is 10.5. The lowest BCUT2D eigenvalue weighted by Crippen LogP contribution is -1.89. The number of pyridine rings is 1. The van der Waals surface area contributed by atoms with Gasteiger partial charge in [0.05, 0.1) is 0 Å². The molecule has 0 aliphatic carbocycles. The van der Waals surface area contributed by atoms with Gasteiger partial charge < -0.3 is 4.98 Å². The first-order valence-corrected chi connectivity index (χ1v) is 7.94. The van der Waals surface area contributed by atoms with Crippen LogP contribution in [-0.2, 0) is 0 Å². The number of nitriles is 1. The number of aromatic nitrogens is 2. The molecular weight excluding hydrogens is 282 g/mol. The number of hydrogen-bond donors (Lipinski definition) is 1. The van der Waals surface area contributed by atoms with Crippen molar-refractivity contribution in [1.82, 2.24) is 9.97 Å². The first-order valence-electron chi connectivity index (χ1n) is 7.94. The van der Waals surface area contributed by atoms with E-state index in [1.807, 2.05) is 18.3 Å². The molecule has 0 amide bonds. The first-order chi connectivity index (χ1) is 11.0. The van der Waals surface area contributed by atoms with E-state index in [1.165, 1.54) is 22.0 Å². The fourth-order valence-corrected chi connectivity index (χ4v) is 2.24. The van der Waals surface area contributed by atoms with Crippen molar-refractivity contribution < 1.29 is 0 Å². The second-order valence-corrected chi connectivity index (χ2v) is 6.22. The smallest absolute Gasteiger partial charge is 0.140 e. The first kappa shape index (κ1) is 16.8. The van der Waals surface area contributed by atoms with E-state index in [0.29, 0.717) is 17.5 Å². The molecule has 0 aliphatic rings. The fraction of sp³-hybridized carbons (Fsp3) is 0.300. The summed E-state index contributed by atoms with van der Waals surface area (Å²) < 4.78 is 0. The number of H-pyrrole nitrogens is 1. The van der Waals surface area contributed by atoms with Crippen molar-refractivity contribution in [1.29, 1.82) is 5.26 Å². The molecule has 0 atom stereocenters. The second kappa shape index (κ2) is 7.60. The van der Waals surface area contributed by atoms with E-state index in [2.05, 4.69) is 61.9 Å². The largest absolute Gasteiger partial charge is 0.361 e. The van der Waals surface area contributed by atoms with Gasteiger partial charge in [-0.05, 0) is 46.5 Å². The van der Waals surface area contributed by atoms with E-state index in [1.54, 1.807) is 12.3 Å². The van der Waals surface area contributed by atoms with Crippen molar-refractivity contribution in [3.63, 3.8) is 0 Å². The molecule has 3 heteroatoms. The Labute approximate surface area is 138 Å². The van der Waals surface area contributed by atoms with E-state index in [0.717, 1.165) is 0 Å². The highest BCUT2D eigenvalue weighted by atomic mass is 14.7. The minimum absolute atomic E-state index is 0.481. The Hall–Kier alpha value is -2.60. The van der Waals surface area contributed by atoms with Crippen LogP contribution in [0.25, 0.3) is 10.9 Å². The molecule has 1 N–H and O–H groups in total. The molecule has 118 valence electrons. The number of benzene rings is 1. The zero-order valence-corrected chi connectivity index (χ0v) is 14.2. The van der Waals surface area contributed by atoms with Crippen LogP contribution in [0, 0.1) is 11.3 Å². The predicted molar refractivity (Wildman–Crippen MR) is 95.4 cm³/mol. The van der Waals surface area contributed by atoms with E-state index in [9.17, 15) is 0 Å². The molecule has 23 heavy (non-hydrogen) atoms. The molecule has 0 aliphatic heterocycles. The Kier molecular flexibility index (Phi) is 5.54. The molecule has 0 spiro atoms. The molecule has 2 heterocycles. The van der Waals surface area contributed by atoms with E-state index in [4.69, 9.17) is 5.26 Å². The van der Waals surface area contributed by atoms with Crippen LogP contribution < -0.4 is 0 Å². The average molecular weight is 305 g/mol. The predicted octanol–water partition coefficient (Wildman–Crippen LogP) is 5.37. The molecule has 0 radical (unpaired) electrons. The molecule has 0 saturated heterocycles. The number of fused-ring (bicyclic) bond motifs is 1. The third-order valence-electron chi connectivity index (χ3n) is 3.81. The van der Waals surface area contributed by atoms with Crippen molar-refractivity contribution in [2.24, 2.45) is 0 Å². The van der Waals surface area contributed by atoms with Gasteiger partial charge in [0.15, 0.2) is 0 Å². The SMILES string of the molecule is CC(C)c1ccc(C#N)nc1.CC(C)c1ccc2cc[nH]c2c1. The Morgan fingerprint density at radius 3 is 2.22 bits per heavy atom. The standard InChI is InChI=1S/C11H13N.C9H10N2/c1-8(2)10-4-3-9-5-6-12-11(9)7-10;1-7(2)8-3-4-9(5-10)11-6-8/h3-8,12H,1-2H3;3-4,6-7H,1-2H3. The molecule has 0 fully saturated rings. The van der Waals surface area contributed by atoms with Crippen molar-refractivity contribution in [3.8, 4) is 6.07 Å². The highest BCUT2D eigenvalue weighted by molar-refractivity contribution is 5.79. The summed E-state index contributed by atoms with van der Waals surface area (Å²) in [4.78, 5) is 7.17. The van der Waals surface area contributed by atoms with Crippen LogP contribution in [0.1, 0.15) is 56.4 Å². The summed E-state index contributed by atoms with van der Waals surface area (Å²) in [5, 5.41) is 9.75. The lowest BCUT2D eigenvalue weighted by Gasteiger charge is -2.03. The number of hydrogen-bond acceptors (Lipinski definition) is 2. The maximum atomic E-state index is 8.45. The van der Waals surface area contributed by atoms with E-state index in [-0.39, 0.29) is 0 Å². The van der Waals surface area contributed by atoms with Crippen LogP contribution in [0.2, 0.25) is 0 Å². The van der Waals surface area contributed by atoms with Crippen molar-refractivity contribution >= 4 is 10.9 Å². The fourth-order valence-electron chi connectivity index (χ4n) is 2.24. The van der Waals surface area contributed by atoms with Gasteiger partial charge in [0.2, 0.25) is 0 Å². The van der Waals surface area contributed by atoms with E-state index >= 15 is 0 Å². The van der Waals surface area contributed by atoms with Gasteiger partial charge in [-0.3, -0.25) is 0 Å². The van der Waals surface area contributed by atoms with Gasteiger partial charge >= 0.3 is 0 Å². The number of nitrogens with one attached hydrogen (secondary N) is 1. The Balaban J connectivity index is 0.000000168. The average Bonchev–Trinajstić information content (AvgIpc) is 3.03. The summed E-state index contributed by atoms with van der Waals surface area (Å²) in [5.74, 6) is 1.09. The summed E-state index contributed by atoms with van der Waals surface area (Å²) in [7, 11) is 0. The highest BCUT2D eigenvalue weighted by Crippen LogP contribution is 2.19. The third-order valence-corrected chi connectivity index (χ3v) is 3.81. The van der Waals surface area contributed by atoms with Crippen LogP contribution in [0.3, 0.4) is 0 Å². The minimum Gasteiger partial charge on any atom is -0.361 e. The summed E-state index contributed by atoms with van der Waals surface area (Å²) >= 11 is 0. The van der Waals surface area contributed by atoms with Crippen molar-refractivity contribution in [2.45, 2.75) is 39.5 Å². The summed E-state index contributed by atoms with van der Waals surface area (Å²) in [5.41, 5.74) is 4.28. The van der Waals surface area contributed by atoms with Crippen molar-refractivity contribution in [2.75, 3.05) is 0 Å². The van der Waals surface area contributed by atoms with Crippen LogP contribution in [0.4, 0.5) is 0 Å². The molecule has 2 aromatic heterocycles. The number of nitrogens with zero attached hydrogens (tertiary/aromatic N) is 2. The molecule has 3 rings (SSSR count). The van der Waals surface area contributed by atoms with Crippen LogP contribution in [0.15, 0.2) is 48.8 Å². The van der Waals surface area contributed by atoms with Crippen LogP contribution >= 0.6 is 0 Å². The zero-order valence-electron chi connectivity index (χ0n) is 14.2. The number of rotatable bonds is 2. The lowest BCUT2D eigenvalue weighted by molar-refractivity contribution is 0.857. The van der Waals surface area contributed by atoms with Gasteiger partial charge in [-0.25, -0.2) is 4.98 Å². The maximum absolute atomic E-state index is 8.45. The molecule has 3 nitrogen and oxygen atoms in total. The Morgan fingerprint density at radius 2 is 1.65 bits per heavy atom. The summed E-state index contributed by atoms with van der Waals surface area (Å²) in [6, 6.07) is 14.4. The Morgan fingerprint density at radius 1 is 0.957 bits per heavy atom. The zero-order chi connectivity index (χ0) is 16.8. The van der Waals surface area contributed by atoms with Gasteiger partial charge in [-0.1, -0.05) is 45.9 Å². The molecule has 0 unspecified atom stereocenters. The van der Waals surface area contributed by atoms with Gasteiger partial charge in [-0.2, -0.15) is 5.26 Å². The van der Waals surface area contributed by atoms with Crippen LogP contribution in [0.5, 0.6) is 0 Å². The molecule has 3 aromatic rings. The van der Waals surface area contributed by atoms with Crippen molar-refractivity contribution in [3.05, 3.63) is 65.6 Å². The van der Waals surface area contributed by atoms with Gasteiger partial charge in [0.25, 0.3) is 0 Å². The lowest BCUT2D eigenvalue weighted by atomic mass is 10.0. The molecule has 0 saturated carbocycles. The highest BCUT2D eigenvalue weighted by Gasteiger charge is 2.00. The monoisotopic (exact) mass is 305 g/mol. The summed E-state index contributed by atoms with van der Waals surface area (Å²) in [6.45, 7) is 8.63. The van der Waals surface area contributed by atoms with Gasteiger partial charge in [0, 0.05) is 17.9 Å². The molecule has 0 bridgehead atoms. The molecule has 1 aromatic carbocycles. The third kappa shape index (κ3) is 4.43. The summed E-state index contributed by atoms with van der Waals surface area (Å²) in [6.07, 6.45) is 3.73. The minimum atomic E-state index is 0.481. The molecular formula is C20H23N3. The number of aromatic amines is 1. The van der Waals surface area contributed by atoms with Gasteiger partial charge in [-0.15, -0.1) is 0 Å². The van der Waals surface area contributed by atoms with Crippen LogP contribution in [-0.4, -0.2) is 9.97 Å². The Bertz CT molecular complexity index is 790. The quantitative estimate of drug-likeness (QED) is 0.692. The van der Waals surface area contributed by atoms with E-state index < -0.39 is 0 Å².